The number of hydrogen-bond donors (Lipinski definition) is 2. The van der Waals surface area contributed by atoms with Crippen molar-refractivity contribution in [3.63, 3.8) is 0 Å². The number of hydrogen-bond acceptors (Lipinski definition) is 6. The number of rotatable bonds is 10. The van der Waals surface area contributed by atoms with Crippen LogP contribution in [0.1, 0.15) is 35.4 Å². The Morgan fingerprint density at radius 3 is 2.47 bits per heavy atom. The zero-order chi connectivity index (χ0) is 22.2. The number of benzene rings is 2. The van der Waals surface area contributed by atoms with E-state index in [4.69, 9.17) is 9.26 Å². The molecule has 32 heavy (non-hydrogen) atoms. The first kappa shape index (κ1) is 22.7. The Bertz CT molecular complexity index is 932. The molecule has 0 unspecified atom stereocenters. The number of aliphatic hydroxyl groups excluding tert-OH is 1. The molecule has 0 aliphatic carbocycles. The van der Waals surface area contributed by atoms with Crippen LogP contribution in [0.5, 0.6) is 0 Å². The molecule has 1 aliphatic heterocycles. The third-order valence-corrected chi connectivity index (χ3v) is 5.86. The van der Waals surface area contributed by atoms with Crippen molar-refractivity contribution in [1.29, 1.82) is 0 Å². The van der Waals surface area contributed by atoms with Gasteiger partial charge in [0, 0.05) is 32.1 Å². The Hall–Kier alpha value is -2.51. The van der Waals surface area contributed by atoms with Gasteiger partial charge in [-0.3, -0.25) is 4.90 Å². The van der Waals surface area contributed by atoms with E-state index >= 15 is 0 Å². The minimum Gasteiger partial charge on any atom is -0.390 e. The van der Waals surface area contributed by atoms with E-state index in [1.807, 2.05) is 30.3 Å². The topological polar surface area (TPSA) is 70.8 Å². The Labute approximate surface area is 190 Å². The summed E-state index contributed by atoms with van der Waals surface area (Å²) in [5.74, 6) is 0.857. The molecule has 0 radical (unpaired) electrons. The van der Waals surface area contributed by atoms with Gasteiger partial charge in [-0.15, -0.1) is 0 Å². The molecule has 1 fully saturated rings. The fourth-order valence-electron chi connectivity index (χ4n) is 4.21. The van der Waals surface area contributed by atoms with Crippen molar-refractivity contribution in [1.82, 2.24) is 15.4 Å². The first-order valence-corrected chi connectivity index (χ1v) is 11.4. The summed E-state index contributed by atoms with van der Waals surface area (Å²) in [6, 6.07) is 22.7. The van der Waals surface area contributed by atoms with E-state index in [2.05, 4.69) is 58.8 Å². The maximum atomic E-state index is 10.4. The van der Waals surface area contributed by atoms with Crippen LogP contribution in [-0.4, -0.2) is 47.1 Å². The van der Waals surface area contributed by atoms with Crippen LogP contribution in [-0.2, 0) is 30.8 Å². The molecule has 1 aromatic heterocycles. The first-order chi connectivity index (χ1) is 15.7. The quantitative estimate of drug-likeness (QED) is 0.508. The molecule has 2 aromatic carbocycles. The lowest BCUT2D eigenvalue weighted by molar-refractivity contribution is -0.115. The lowest BCUT2D eigenvalue weighted by atomic mass is 9.98. The van der Waals surface area contributed by atoms with E-state index in [1.54, 1.807) is 0 Å². The van der Waals surface area contributed by atoms with E-state index in [-0.39, 0.29) is 12.2 Å². The lowest BCUT2D eigenvalue weighted by Gasteiger charge is -2.34. The largest absolute Gasteiger partial charge is 0.390 e. The van der Waals surface area contributed by atoms with Gasteiger partial charge in [-0.05, 0) is 31.0 Å². The number of aliphatic hydroxyl groups is 1. The minimum absolute atomic E-state index is 0.0434. The summed E-state index contributed by atoms with van der Waals surface area (Å²) >= 11 is 0. The highest BCUT2D eigenvalue weighted by atomic mass is 16.5. The Kier molecular flexibility index (Phi) is 8.07. The number of nitrogens with one attached hydrogen (secondary N) is 1. The number of nitrogens with zero attached hydrogens (tertiary/aromatic N) is 2. The van der Waals surface area contributed by atoms with Crippen LogP contribution in [0.3, 0.4) is 0 Å². The molecule has 0 amide bonds. The molecular formula is C26H33N3O3. The highest BCUT2D eigenvalue weighted by molar-refractivity contribution is 5.15. The highest BCUT2D eigenvalue weighted by Gasteiger charge is 2.30. The van der Waals surface area contributed by atoms with Crippen molar-refractivity contribution < 1.29 is 14.4 Å². The van der Waals surface area contributed by atoms with Crippen molar-refractivity contribution in [3.8, 4) is 0 Å². The first-order valence-electron chi connectivity index (χ1n) is 11.4. The average molecular weight is 436 g/mol. The summed E-state index contributed by atoms with van der Waals surface area (Å²) in [5, 5.41) is 18.0. The Morgan fingerprint density at radius 2 is 1.72 bits per heavy atom. The molecule has 1 aliphatic rings. The molecule has 3 atom stereocenters. The Morgan fingerprint density at radius 1 is 1.00 bits per heavy atom. The fraction of sp³-hybridized carbons (Fsp3) is 0.423. The van der Waals surface area contributed by atoms with Gasteiger partial charge in [-0.1, -0.05) is 65.8 Å². The fourth-order valence-corrected chi connectivity index (χ4v) is 4.21. The van der Waals surface area contributed by atoms with Crippen LogP contribution in [0.2, 0.25) is 0 Å². The smallest absolute Gasteiger partial charge is 0.150 e. The lowest BCUT2D eigenvalue weighted by Crippen LogP contribution is -2.45. The van der Waals surface area contributed by atoms with E-state index in [0.29, 0.717) is 19.5 Å². The zero-order valence-electron chi connectivity index (χ0n) is 18.7. The van der Waals surface area contributed by atoms with Gasteiger partial charge in [0.1, 0.15) is 0 Å². The number of aromatic nitrogens is 1. The second kappa shape index (κ2) is 11.4. The molecule has 2 N–H and O–H groups in total. The van der Waals surface area contributed by atoms with Crippen LogP contribution >= 0.6 is 0 Å². The molecule has 6 heteroatoms. The van der Waals surface area contributed by atoms with Crippen LogP contribution < -0.4 is 5.32 Å². The molecule has 1 saturated heterocycles. The Balaban J connectivity index is 1.23. The summed E-state index contributed by atoms with van der Waals surface area (Å²) in [6.07, 6.45) is 1.67. The molecule has 0 bridgehead atoms. The molecule has 3 aromatic rings. The van der Waals surface area contributed by atoms with E-state index in [9.17, 15) is 5.11 Å². The van der Waals surface area contributed by atoms with Crippen molar-refractivity contribution in [3.05, 3.63) is 89.3 Å². The van der Waals surface area contributed by atoms with Crippen LogP contribution in [0.4, 0.5) is 0 Å². The van der Waals surface area contributed by atoms with Crippen LogP contribution in [0.15, 0.2) is 71.3 Å². The normalized spacial score (nSPS) is 21.2. The monoisotopic (exact) mass is 435 g/mol. The summed E-state index contributed by atoms with van der Waals surface area (Å²) in [5.41, 5.74) is 3.41. The standard InChI is InChI=1S/C26H33N3O3/c1-29(18-21-10-6-3-7-11-21)19-24-15-22(28-32-24)14-23-12-13-25(30)26(31-23)17-27-16-20-8-4-2-5-9-20/h2-11,15,23,25-27,30H,12-14,16-19H2,1H3/t23-,25-,26+/m0/s1. The minimum atomic E-state index is -0.436. The predicted octanol–water partition coefficient (Wildman–Crippen LogP) is 3.55. The SMILES string of the molecule is CN(Cc1ccccc1)Cc1cc(C[C@@H]2CC[C@H](O)[C@@H](CNCc3ccccc3)O2)no1. The molecule has 0 spiro atoms. The van der Waals surface area contributed by atoms with Crippen molar-refractivity contribution in [2.45, 2.75) is 57.2 Å². The van der Waals surface area contributed by atoms with Crippen LogP contribution in [0, 0.1) is 0 Å². The van der Waals surface area contributed by atoms with E-state index in [0.717, 1.165) is 37.4 Å². The second-order valence-corrected chi connectivity index (χ2v) is 8.70. The van der Waals surface area contributed by atoms with Gasteiger partial charge in [-0.2, -0.15) is 0 Å². The van der Waals surface area contributed by atoms with E-state index < -0.39 is 6.10 Å². The van der Waals surface area contributed by atoms with Gasteiger partial charge in [0.15, 0.2) is 5.76 Å². The molecule has 170 valence electrons. The third kappa shape index (κ3) is 6.74. The molecule has 6 nitrogen and oxygen atoms in total. The van der Waals surface area contributed by atoms with Crippen LogP contribution in [0.25, 0.3) is 0 Å². The predicted molar refractivity (Wildman–Crippen MR) is 124 cm³/mol. The summed E-state index contributed by atoms with van der Waals surface area (Å²) in [4.78, 5) is 2.21. The summed E-state index contributed by atoms with van der Waals surface area (Å²) in [6.45, 7) is 2.96. The van der Waals surface area contributed by atoms with E-state index in [1.165, 1.54) is 11.1 Å². The van der Waals surface area contributed by atoms with Gasteiger partial charge in [0.25, 0.3) is 0 Å². The third-order valence-electron chi connectivity index (χ3n) is 5.86. The maximum absolute atomic E-state index is 10.4. The highest BCUT2D eigenvalue weighted by Crippen LogP contribution is 2.23. The van der Waals surface area contributed by atoms with Gasteiger partial charge in [0.2, 0.25) is 0 Å². The summed E-state index contributed by atoms with van der Waals surface area (Å²) < 4.78 is 11.8. The molecule has 4 rings (SSSR count). The van der Waals surface area contributed by atoms with Gasteiger partial charge in [0.05, 0.1) is 30.6 Å². The summed E-state index contributed by atoms with van der Waals surface area (Å²) in [7, 11) is 2.08. The van der Waals surface area contributed by atoms with Crippen molar-refractivity contribution in [2.24, 2.45) is 0 Å². The molecular weight excluding hydrogens is 402 g/mol. The molecule has 2 heterocycles. The van der Waals surface area contributed by atoms with Crippen molar-refractivity contribution in [2.75, 3.05) is 13.6 Å². The van der Waals surface area contributed by atoms with Crippen molar-refractivity contribution >= 4 is 0 Å². The van der Waals surface area contributed by atoms with Gasteiger partial charge < -0.3 is 19.7 Å². The maximum Gasteiger partial charge on any atom is 0.150 e. The number of ether oxygens (including phenoxy) is 1. The average Bonchev–Trinajstić information content (AvgIpc) is 3.23. The van der Waals surface area contributed by atoms with Gasteiger partial charge >= 0.3 is 0 Å². The molecule has 0 saturated carbocycles. The van der Waals surface area contributed by atoms with Gasteiger partial charge in [-0.25, -0.2) is 0 Å². The zero-order valence-corrected chi connectivity index (χ0v) is 18.7. The second-order valence-electron chi connectivity index (χ2n) is 8.70.